The summed E-state index contributed by atoms with van der Waals surface area (Å²) in [7, 11) is 0. The predicted molar refractivity (Wildman–Crippen MR) is 131 cm³/mol. The number of anilines is 1. The lowest BCUT2D eigenvalue weighted by Crippen LogP contribution is -2.39. The highest BCUT2D eigenvalue weighted by molar-refractivity contribution is 5.95. The van der Waals surface area contributed by atoms with Crippen LogP contribution in [0.1, 0.15) is 55.8 Å². The lowest BCUT2D eigenvalue weighted by molar-refractivity contribution is -0.114. The van der Waals surface area contributed by atoms with Gasteiger partial charge in [0.05, 0.1) is 19.1 Å². The molecule has 1 atom stereocenters. The minimum absolute atomic E-state index is 0.0401. The Morgan fingerprint density at radius 2 is 1.83 bits per heavy atom. The van der Waals surface area contributed by atoms with Crippen LogP contribution >= 0.6 is 0 Å². The van der Waals surface area contributed by atoms with Crippen molar-refractivity contribution in [3.05, 3.63) is 53.9 Å². The molecule has 4 rings (SSSR count). The molecule has 184 valence electrons. The van der Waals surface area contributed by atoms with Gasteiger partial charge in [-0.3, -0.25) is 9.59 Å². The molecule has 1 fully saturated rings. The van der Waals surface area contributed by atoms with Crippen LogP contribution in [0.25, 0.3) is 11.4 Å². The second-order valence-corrected chi connectivity index (χ2v) is 8.33. The zero-order valence-corrected chi connectivity index (χ0v) is 20.2. The quantitative estimate of drug-likeness (QED) is 0.507. The third-order valence-corrected chi connectivity index (χ3v) is 5.75. The maximum absolute atomic E-state index is 13.3. The zero-order valence-electron chi connectivity index (χ0n) is 20.2. The molecule has 0 aliphatic carbocycles. The molecule has 1 aromatic heterocycles. The van der Waals surface area contributed by atoms with E-state index in [1.165, 1.54) is 6.92 Å². The number of hydrogen-bond donors (Lipinski definition) is 1. The van der Waals surface area contributed by atoms with Crippen LogP contribution in [-0.2, 0) is 4.79 Å². The van der Waals surface area contributed by atoms with Crippen molar-refractivity contribution in [1.29, 1.82) is 0 Å². The van der Waals surface area contributed by atoms with E-state index in [1.807, 2.05) is 30.9 Å². The SMILES string of the molecule is CCOc1ccc(C(=O)N2CCCC(c3nc(-c4ccc(NC(C)=O)cc4)no3)C2)cc1OCC. The minimum atomic E-state index is -0.129. The first-order valence-electron chi connectivity index (χ1n) is 11.9. The molecule has 0 spiro atoms. The molecule has 3 aromatic rings. The molecule has 1 saturated heterocycles. The highest BCUT2D eigenvalue weighted by Gasteiger charge is 2.29. The molecule has 9 heteroatoms. The molecular formula is C26H30N4O5. The lowest BCUT2D eigenvalue weighted by Gasteiger charge is -2.31. The highest BCUT2D eigenvalue weighted by atomic mass is 16.5. The average molecular weight is 479 g/mol. The van der Waals surface area contributed by atoms with Gasteiger partial charge in [0, 0.05) is 36.8 Å². The van der Waals surface area contributed by atoms with E-state index in [4.69, 9.17) is 14.0 Å². The van der Waals surface area contributed by atoms with E-state index >= 15 is 0 Å². The number of piperidine rings is 1. The highest BCUT2D eigenvalue weighted by Crippen LogP contribution is 2.32. The first kappa shape index (κ1) is 24.3. The summed E-state index contributed by atoms with van der Waals surface area (Å²) in [5, 5.41) is 6.87. The minimum Gasteiger partial charge on any atom is -0.490 e. The van der Waals surface area contributed by atoms with Crippen molar-refractivity contribution < 1.29 is 23.6 Å². The molecule has 1 N–H and O–H groups in total. The van der Waals surface area contributed by atoms with E-state index in [9.17, 15) is 9.59 Å². The van der Waals surface area contributed by atoms with E-state index in [1.54, 1.807) is 30.3 Å². The van der Waals surface area contributed by atoms with Crippen LogP contribution in [0.4, 0.5) is 5.69 Å². The van der Waals surface area contributed by atoms with E-state index in [0.29, 0.717) is 60.8 Å². The van der Waals surface area contributed by atoms with E-state index < -0.39 is 0 Å². The predicted octanol–water partition coefficient (Wildman–Crippen LogP) is 4.51. The number of aromatic nitrogens is 2. The van der Waals surface area contributed by atoms with Gasteiger partial charge in [-0.15, -0.1) is 0 Å². The van der Waals surface area contributed by atoms with Crippen molar-refractivity contribution in [2.24, 2.45) is 0 Å². The van der Waals surface area contributed by atoms with Crippen molar-refractivity contribution in [3.8, 4) is 22.9 Å². The Morgan fingerprint density at radius 1 is 1.09 bits per heavy atom. The molecule has 2 aromatic carbocycles. The molecule has 2 amide bonds. The Balaban J connectivity index is 1.46. The van der Waals surface area contributed by atoms with Gasteiger partial charge >= 0.3 is 0 Å². The van der Waals surface area contributed by atoms with Gasteiger partial charge < -0.3 is 24.2 Å². The van der Waals surface area contributed by atoms with Gasteiger partial charge in [-0.2, -0.15) is 4.98 Å². The van der Waals surface area contributed by atoms with Crippen molar-refractivity contribution in [2.45, 2.75) is 39.5 Å². The summed E-state index contributed by atoms with van der Waals surface area (Å²) in [6, 6.07) is 12.6. The van der Waals surface area contributed by atoms with Gasteiger partial charge in [-0.1, -0.05) is 5.16 Å². The summed E-state index contributed by atoms with van der Waals surface area (Å²) in [6.07, 6.45) is 1.70. The molecule has 1 unspecified atom stereocenters. The van der Waals surface area contributed by atoms with Gasteiger partial charge in [-0.25, -0.2) is 0 Å². The molecule has 0 radical (unpaired) electrons. The van der Waals surface area contributed by atoms with Gasteiger partial charge in [0.2, 0.25) is 17.6 Å². The average Bonchev–Trinajstić information content (AvgIpc) is 3.36. The van der Waals surface area contributed by atoms with Crippen molar-refractivity contribution in [1.82, 2.24) is 15.0 Å². The zero-order chi connectivity index (χ0) is 24.8. The number of rotatable bonds is 8. The second kappa shape index (κ2) is 11.0. The fourth-order valence-electron chi connectivity index (χ4n) is 4.15. The van der Waals surface area contributed by atoms with E-state index in [2.05, 4.69) is 15.5 Å². The van der Waals surface area contributed by atoms with Gasteiger partial charge in [-0.05, 0) is 69.2 Å². The van der Waals surface area contributed by atoms with E-state index in [-0.39, 0.29) is 17.7 Å². The maximum Gasteiger partial charge on any atom is 0.254 e. The third-order valence-electron chi connectivity index (χ3n) is 5.75. The molecule has 2 heterocycles. The van der Waals surface area contributed by atoms with Crippen LogP contribution in [0, 0.1) is 0 Å². The Kier molecular flexibility index (Phi) is 7.64. The Bertz CT molecular complexity index is 1170. The Hall–Kier alpha value is -3.88. The monoisotopic (exact) mass is 478 g/mol. The fraction of sp³-hybridized carbons (Fsp3) is 0.385. The number of nitrogens with one attached hydrogen (secondary N) is 1. The molecule has 1 aliphatic heterocycles. The number of ether oxygens (including phenoxy) is 2. The van der Waals surface area contributed by atoms with Gasteiger partial charge in [0.25, 0.3) is 5.91 Å². The molecule has 0 saturated carbocycles. The largest absolute Gasteiger partial charge is 0.490 e. The number of likely N-dealkylation sites (tertiary alicyclic amines) is 1. The lowest BCUT2D eigenvalue weighted by atomic mass is 9.97. The van der Waals surface area contributed by atoms with Crippen molar-refractivity contribution >= 4 is 17.5 Å². The molecule has 1 aliphatic rings. The standard InChI is InChI=1S/C26H30N4O5/c1-4-33-22-13-10-19(15-23(22)34-5-2)26(32)30-14-6-7-20(16-30)25-28-24(29-35-25)18-8-11-21(12-9-18)27-17(3)31/h8-13,15,20H,4-7,14,16H2,1-3H3,(H,27,31). The molecule has 35 heavy (non-hydrogen) atoms. The Morgan fingerprint density at radius 3 is 2.54 bits per heavy atom. The summed E-state index contributed by atoms with van der Waals surface area (Å²) < 4.78 is 16.9. The number of hydrogen-bond acceptors (Lipinski definition) is 7. The van der Waals surface area contributed by atoms with E-state index in [0.717, 1.165) is 18.4 Å². The van der Waals surface area contributed by atoms with Crippen LogP contribution in [0.3, 0.4) is 0 Å². The third kappa shape index (κ3) is 5.79. The van der Waals surface area contributed by atoms with Crippen LogP contribution < -0.4 is 14.8 Å². The normalized spacial score (nSPS) is 15.5. The number of carbonyl (C=O) groups is 2. The molecule has 0 bridgehead atoms. The summed E-state index contributed by atoms with van der Waals surface area (Å²) in [5.41, 5.74) is 2.05. The number of amides is 2. The first-order chi connectivity index (χ1) is 17.0. The van der Waals surface area contributed by atoms with Crippen LogP contribution in [-0.4, -0.2) is 53.2 Å². The van der Waals surface area contributed by atoms with Crippen LogP contribution in [0.5, 0.6) is 11.5 Å². The maximum atomic E-state index is 13.3. The van der Waals surface area contributed by atoms with Gasteiger partial charge in [0.15, 0.2) is 11.5 Å². The molecular weight excluding hydrogens is 448 g/mol. The summed E-state index contributed by atoms with van der Waals surface area (Å²) >= 11 is 0. The molecule has 9 nitrogen and oxygen atoms in total. The Labute approximate surface area is 204 Å². The number of benzene rings is 2. The first-order valence-corrected chi connectivity index (χ1v) is 11.9. The summed E-state index contributed by atoms with van der Waals surface area (Å²) in [6.45, 7) is 7.44. The van der Waals surface area contributed by atoms with Crippen molar-refractivity contribution in [2.75, 3.05) is 31.6 Å². The summed E-state index contributed by atoms with van der Waals surface area (Å²) in [4.78, 5) is 30.9. The van der Waals surface area contributed by atoms with Crippen molar-refractivity contribution in [3.63, 3.8) is 0 Å². The summed E-state index contributed by atoms with van der Waals surface area (Å²) in [5.74, 6) is 1.96. The fourth-order valence-corrected chi connectivity index (χ4v) is 4.15. The van der Waals surface area contributed by atoms with Gasteiger partial charge in [0.1, 0.15) is 0 Å². The topological polar surface area (TPSA) is 107 Å². The second-order valence-electron chi connectivity index (χ2n) is 8.33. The van der Waals surface area contributed by atoms with Crippen LogP contribution in [0.2, 0.25) is 0 Å². The number of nitrogens with zero attached hydrogens (tertiary/aromatic N) is 3. The smallest absolute Gasteiger partial charge is 0.254 e. The number of carbonyl (C=O) groups excluding carboxylic acids is 2. The van der Waals surface area contributed by atoms with Crippen LogP contribution in [0.15, 0.2) is 47.0 Å².